The van der Waals surface area contributed by atoms with Gasteiger partial charge in [-0.05, 0) is 43.3 Å². The van der Waals surface area contributed by atoms with Crippen molar-refractivity contribution < 1.29 is 22.7 Å². The minimum atomic E-state index is -4.11. The Balaban J connectivity index is 1.62. The molecule has 1 aromatic heterocycles. The molecule has 4 rings (SSSR count). The number of benzene rings is 3. The summed E-state index contributed by atoms with van der Waals surface area (Å²) in [6, 6.07) is 18.3. The normalized spacial score (nSPS) is 11.2. The van der Waals surface area contributed by atoms with Crippen LogP contribution in [0, 0.1) is 0 Å². The Bertz CT molecular complexity index is 1570. The number of nitrogens with one attached hydrogen (secondary N) is 4. The number of para-hydroxylation sites is 2. The minimum absolute atomic E-state index is 0.00458. The summed E-state index contributed by atoms with van der Waals surface area (Å²) >= 11 is 0. The SMILES string of the molecule is CCCCNCC(=O)Nc1cccc(S(=O)(=O)Nc2nc3ccccc3nc2Nc2cc(OC)cc(OC)c2)c1. The summed E-state index contributed by atoms with van der Waals surface area (Å²) in [5, 5.41) is 8.92. The summed E-state index contributed by atoms with van der Waals surface area (Å²) in [4.78, 5) is 21.4. The molecule has 1 heterocycles. The van der Waals surface area contributed by atoms with Gasteiger partial charge < -0.3 is 25.4 Å². The molecule has 0 atom stereocenters. The molecule has 0 bridgehead atoms. The lowest BCUT2D eigenvalue weighted by Gasteiger charge is -2.15. The Kier molecular flexibility index (Phi) is 9.35. The Morgan fingerprint density at radius 3 is 2.17 bits per heavy atom. The lowest BCUT2D eigenvalue weighted by atomic mass is 10.2. The van der Waals surface area contributed by atoms with Crippen LogP contribution in [0.3, 0.4) is 0 Å². The average molecular weight is 565 g/mol. The van der Waals surface area contributed by atoms with Crippen molar-refractivity contribution in [3.8, 4) is 11.5 Å². The number of amides is 1. The molecule has 4 aromatic rings. The van der Waals surface area contributed by atoms with E-state index in [2.05, 4.69) is 37.6 Å². The van der Waals surface area contributed by atoms with Crippen LogP contribution in [0.2, 0.25) is 0 Å². The molecule has 0 unspecified atom stereocenters. The summed E-state index contributed by atoms with van der Waals surface area (Å²) in [7, 11) is -1.04. The maximum Gasteiger partial charge on any atom is 0.263 e. The molecular weight excluding hydrogens is 532 g/mol. The fraction of sp³-hybridized carbons (Fsp3) is 0.250. The highest BCUT2D eigenvalue weighted by Gasteiger charge is 2.20. The van der Waals surface area contributed by atoms with Gasteiger partial charge in [-0.2, -0.15) is 0 Å². The summed E-state index contributed by atoms with van der Waals surface area (Å²) in [5.41, 5.74) is 1.99. The van der Waals surface area contributed by atoms with Crippen LogP contribution in [0.25, 0.3) is 11.0 Å². The van der Waals surface area contributed by atoms with Crippen LogP contribution in [-0.4, -0.2) is 51.6 Å². The van der Waals surface area contributed by atoms with E-state index in [1.807, 2.05) is 6.07 Å². The number of hydrogen-bond donors (Lipinski definition) is 4. The molecule has 0 aliphatic carbocycles. The summed E-state index contributed by atoms with van der Waals surface area (Å²) in [6.45, 7) is 2.93. The smallest absolute Gasteiger partial charge is 0.263 e. The number of hydrogen-bond acceptors (Lipinski definition) is 9. The Morgan fingerprint density at radius 2 is 1.52 bits per heavy atom. The lowest BCUT2D eigenvalue weighted by Crippen LogP contribution is -2.28. The number of methoxy groups -OCH3 is 2. The van der Waals surface area contributed by atoms with Gasteiger partial charge in [-0.1, -0.05) is 31.5 Å². The number of nitrogens with zero attached hydrogens (tertiary/aromatic N) is 2. The number of unbranched alkanes of at least 4 members (excludes halogenated alkanes) is 1. The second kappa shape index (κ2) is 13.1. The maximum absolute atomic E-state index is 13.5. The van der Waals surface area contributed by atoms with E-state index in [0.717, 1.165) is 19.4 Å². The highest BCUT2D eigenvalue weighted by Crippen LogP contribution is 2.31. The van der Waals surface area contributed by atoms with Gasteiger partial charge in [0.05, 0.1) is 36.7 Å². The topological polar surface area (TPSA) is 144 Å². The van der Waals surface area contributed by atoms with Crippen molar-refractivity contribution in [1.29, 1.82) is 0 Å². The first-order valence-electron chi connectivity index (χ1n) is 12.7. The van der Waals surface area contributed by atoms with Gasteiger partial charge in [0, 0.05) is 29.6 Å². The van der Waals surface area contributed by atoms with Crippen LogP contribution in [0.5, 0.6) is 11.5 Å². The fourth-order valence-corrected chi connectivity index (χ4v) is 4.87. The number of ether oxygens (including phenoxy) is 2. The standard InChI is InChI=1S/C28H32N6O5S/c1-4-5-13-29-18-26(35)30-19-9-8-10-23(16-19)40(36,37)34-28-27(32-24-11-6-7-12-25(24)33-28)31-20-14-21(38-2)17-22(15-20)39-3/h6-12,14-17,29H,4-5,13,18H2,1-3H3,(H,30,35)(H,31,32)(H,33,34). The first kappa shape index (κ1) is 28.6. The lowest BCUT2D eigenvalue weighted by molar-refractivity contribution is -0.115. The Hall–Kier alpha value is -4.42. The summed E-state index contributed by atoms with van der Waals surface area (Å²) in [6.07, 6.45) is 1.99. The van der Waals surface area contributed by atoms with E-state index < -0.39 is 10.0 Å². The third-order valence-corrected chi connectivity index (χ3v) is 7.17. The van der Waals surface area contributed by atoms with Crippen LogP contribution >= 0.6 is 0 Å². The zero-order valence-electron chi connectivity index (χ0n) is 22.5. The number of fused-ring (bicyclic) bond motifs is 1. The number of sulfonamides is 1. The van der Waals surface area contributed by atoms with Gasteiger partial charge >= 0.3 is 0 Å². The van der Waals surface area contributed by atoms with Gasteiger partial charge in [-0.3, -0.25) is 9.52 Å². The van der Waals surface area contributed by atoms with Crippen molar-refractivity contribution in [3.05, 3.63) is 66.7 Å². The number of aromatic nitrogens is 2. The van der Waals surface area contributed by atoms with Crippen molar-refractivity contribution in [2.75, 3.05) is 42.7 Å². The summed E-state index contributed by atoms with van der Waals surface area (Å²) < 4.78 is 40.1. The third-order valence-electron chi connectivity index (χ3n) is 5.84. The van der Waals surface area contributed by atoms with Crippen LogP contribution in [-0.2, 0) is 14.8 Å². The Morgan fingerprint density at radius 1 is 0.850 bits per heavy atom. The van der Waals surface area contributed by atoms with Crippen molar-refractivity contribution in [2.24, 2.45) is 0 Å². The van der Waals surface area contributed by atoms with Crippen molar-refractivity contribution in [2.45, 2.75) is 24.7 Å². The summed E-state index contributed by atoms with van der Waals surface area (Å²) in [5.74, 6) is 0.990. The molecule has 1 amide bonds. The molecule has 0 saturated heterocycles. The molecular formula is C28H32N6O5S. The second-order valence-electron chi connectivity index (χ2n) is 8.85. The molecule has 210 valence electrons. The van der Waals surface area contributed by atoms with Gasteiger partial charge in [0.2, 0.25) is 5.91 Å². The molecule has 0 aliphatic heterocycles. The van der Waals surface area contributed by atoms with Crippen LogP contribution in [0.4, 0.5) is 23.0 Å². The average Bonchev–Trinajstić information content (AvgIpc) is 2.95. The largest absolute Gasteiger partial charge is 0.497 e. The first-order valence-corrected chi connectivity index (χ1v) is 14.2. The van der Waals surface area contributed by atoms with Gasteiger partial charge in [0.15, 0.2) is 11.6 Å². The number of carbonyl (C=O) groups is 1. The molecule has 0 saturated carbocycles. The van der Waals surface area contributed by atoms with Crippen molar-refractivity contribution in [1.82, 2.24) is 15.3 Å². The van der Waals surface area contributed by atoms with E-state index in [9.17, 15) is 13.2 Å². The van der Waals surface area contributed by atoms with Gasteiger partial charge in [-0.25, -0.2) is 18.4 Å². The second-order valence-corrected chi connectivity index (χ2v) is 10.5. The molecule has 4 N–H and O–H groups in total. The predicted octanol–water partition coefficient (Wildman–Crippen LogP) is 4.52. The highest BCUT2D eigenvalue weighted by molar-refractivity contribution is 7.92. The molecule has 12 heteroatoms. The maximum atomic E-state index is 13.5. The van der Waals surface area contributed by atoms with E-state index >= 15 is 0 Å². The van der Waals surface area contributed by atoms with Crippen molar-refractivity contribution >= 4 is 50.0 Å². The van der Waals surface area contributed by atoms with E-state index in [1.54, 1.807) is 48.5 Å². The van der Waals surface area contributed by atoms with E-state index in [0.29, 0.717) is 33.9 Å². The van der Waals surface area contributed by atoms with Crippen molar-refractivity contribution in [3.63, 3.8) is 0 Å². The fourth-order valence-electron chi connectivity index (χ4n) is 3.81. The van der Waals surface area contributed by atoms with E-state index in [-0.39, 0.29) is 29.0 Å². The van der Waals surface area contributed by atoms with Gasteiger partial charge in [0.25, 0.3) is 10.0 Å². The monoisotopic (exact) mass is 564 g/mol. The van der Waals surface area contributed by atoms with Crippen LogP contribution < -0.4 is 30.1 Å². The quantitative estimate of drug-likeness (QED) is 0.172. The number of rotatable bonds is 13. The molecule has 11 nitrogen and oxygen atoms in total. The molecule has 40 heavy (non-hydrogen) atoms. The number of anilines is 4. The minimum Gasteiger partial charge on any atom is -0.497 e. The highest BCUT2D eigenvalue weighted by atomic mass is 32.2. The van der Waals surface area contributed by atoms with Gasteiger partial charge in [-0.15, -0.1) is 0 Å². The molecule has 0 spiro atoms. The number of carbonyl (C=O) groups excluding carboxylic acids is 1. The van der Waals surface area contributed by atoms with Gasteiger partial charge in [0.1, 0.15) is 11.5 Å². The zero-order valence-corrected chi connectivity index (χ0v) is 23.3. The third kappa shape index (κ3) is 7.36. The van der Waals surface area contributed by atoms with Crippen LogP contribution in [0.1, 0.15) is 19.8 Å². The predicted molar refractivity (Wildman–Crippen MR) is 156 cm³/mol. The first-order chi connectivity index (χ1) is 19.3. The molecule has 0 aliphatic rings. The molecule has 0 fully saturated rings. The van der Waals surface area contributed by atoms with Crippen LogP contribution in [0.15, 0.2) is 71.6 Å². The van der Waals surface area contributed by atoms with E-state index in [1.165, 1.54) is 26.4 Å². The Labute approximate surface area is 233 Å². The van der Waals surface area contributed by atoms with E-state index in [4.69, 9.17) is 9.47 Å². The zero-order chi connectivity index (χ0) is 28.5. The molecule has 3 aromatic carbocycles. The molecule has 0 radical (unpaired) electrons.